The van der Waals surface area contributed by atoms with E-state index in [-0.39, 0.29) is 16.9 Å². The third kappa shape index (κ3) is 3.60. The number of carbonyl (C=O) groups is 1. The molecule has 1 unspecified atom stereocenters. The van der Waals surface area contributed by atoms with E-state index >= 15 is 0 Å². The van der Waals surface area contributed by atoms with E-state index in [9.17, 15) is 9.90 Å². The molecule has 132 valence electrons. The first kappa shape index (κ1) is 18.1. The molecule has 0 heterocycles. The molecule has 0 amide bonds. The van der Waals surface area contributed by atoms with E-state index in [1.165, 1.54) is 12.0 Å². The number of ether oxygens (including phenoxy) is 1. The zero-order chi connectivity index (χ0) is 18.7. The van der Waals surface area contributed by atoms with Crippen molar-refractivity contribution in [3.05, 3.63) is 83.4 Å². The van der Waals surface area contributed by atoms with Gasteiger partial charge in [0.05, 0.1) is 23.6 Å². The Labute approximate surface area is 156 Å². The third-order valence-electron chi connectivity index (χ3n) is 4.19. The largest absolute Gasteiger partial charge is 0.507 e. The minimum absolute atomic E-state index is 0.330. The highest BCUT2D eigenvalue weighted by Crippen LogP contribution is 2.35. The van der Waals surface area contributed by atoms with Gasteiger partial charge in [0.25, 0.3) is 0 Å². The van der Waals surface area contributed by atoms with E-state index in [2.05, 4.69) is 12.1 Å². The molecular weight excluding hydrogens is 344 g/mol. The quantitative estimate of drug-likeness (QED) is 0.529. The monoisotopic (exact) mass is 365 g/mol. The molecule has 0 fully saturated rings. The van der Waals surface area contributed by atoms with Crippen LogP contribution in [0.15, 0.2) is 81.4 Å². The van der Waals surface area contributed by atoms with E-state index in [0.717, 1.165) is 20.9 Å². The Morgan fingerprint density at radius 3 is 1.92 bits per heavy atom. The molecule has 0 aromatic heterocycles. The van der Waals surface area contributed by atoms with Crippen LogP contribution >= 0.6 is 0 Å². The number of hydrogen-bond acceptors (Lipinski definition) is 3. The molecular formula is C22H21O3S+. The fourth-order valence-corrected chi connectivity index (χ4v) is 5.09. The summed E-state index contributed by atoms with van der Waals surface area (Å²) in [5.74, 6) is -0.00105. The fourth-order valence-electron chi connectivity index (χ4n) is 2.84. The number of methoxy groups -OCH3 is 1. The van der Waals surface area contributed by atoms with Gasteiger partial charge in [-0.05, 0) is 61.4 Å². The van der Waals surface area contributed by atoms with Crippen LogP contribution in [0.3, 0.4) is 0 Å². The lowest BCUT2D eigenvalue weighted by molar-refractivity contribution is 0.0600. The molecule has 3 nitrogen and oxygen atoms in total. The maximum absolute atomic E-state index is 11.7. The molecule has 3 aromatic carbocycles. The number of phenolic OH excluding ortho intramolecular Hbond substituents is 1. The molecule has 0 aliphatic carbocycles. The van der Waals surface area contributed by atoms with E-state index in [1.54, 1.807) is 12.1 Å². The van der Waals surface area contributed by atoms with Crippen molar-refractivity contribution >= 4 is 16.9 Å². The predicted molar refractivity (Wildman–Crippen MR) is 104 cm³/mol. The number of benzene rings is 3. The average Bonchev–Trinajstić information content (AvgIpc) is 2.67. The van der Waals surface area contributed by atoms with Crippen molar-refractivity contribution in [2.75, 3.05) is 7.11 Å². The molecule has 0 spiro atoms. The molecule has 0 radical (unpaired) electrons. The van der Waals surface area contributed by atoms with Crippen LogP contribution in [0.1, 0.15) is 21.5 Å². The fraction of sp³-hybridized carbons (Fsp3) is 0.136. The van der Waals surface area contributed by atoms with Crippen molar-refractivity contribution in [3.63, 3.8) is 0 Å². The van der Waals surface area contributed by atoms with Gasteiger partial charge in [-0.15, -0.1) is 0 Å². The highest BCUT2D eigenvalue weighted by Gasteiger charge is 2.29. The highest BCUT2D eigenvalue weighted by molar-refractivity contribution is 7.97. The van der Waals surface area contributed by atoms with Crippen LogP contribution in [-0.2, 0) is 15.6 Å². The molecule has 0 bridgehead atoms. The summed E-state index contributed by atoms with van der Waals surface area (Å²) in [6.07, 6.45) is 0. The van der Waals surface area contributed by atoms with E-state index in [0.29, 0.717) is 11.3 Å². The van der Waals surface area contributed by atoms with Gasteiger partial charge in [0.2, 0.25) is 0 Å². The maximum Gasteiger partial charge on any atom is 0.337 e. The zero-order valence-corrected chi connectivity index (χ0v) is 15.8. The second kappa shape index (κ2) is 7.67. The van der Waals surface area contributed by atoms with Gasteiger partial charge >= 0.3 is 5.97 Å². The van der Waals surface area contributed by atoms with Crippen molar-refractivity contribution in [1.82, 2.24) is 0 Å². The molecule has 0 saturated heterocycles. The Morgan fingerprint density at radius 1 is 0.846 bits per heavy atom. The van der Waals surface area contributed by atoms with Crippen LogP contribution in [0.25, 0.3) is 0 Å². The van der Waals surface area contributed by atoms with Crippen molar-refractivity contribution in [1.29, 1.82) is 0 Å². The van der Waals surface area contributed by atoms with Crippen molar-refractivity contribution in [2.45, 2.75) is 28.5 Å². The Bertz CT molecular complexity index is 895. The molecule has 1 N–H and O–H groups in total. The minimum atomic E-state index is -0.340. The lowest BCUT2D eigenvalue weighted by Gasteiger charge is -2.11. The molecule has 0 aliphatic heterocycles. The number of phenols is 1. The molecule has 26 heavy (non-hydrogen) atoms. The van der Waals surface area contributed by atoms with Crippen LogP contribution < -0.4 is 0 Å². The summed E-state index contributed by atoms with van der Waals surface area (Å²) >= 11 is 0. The van der Waals surface area contributed by atoms with Crippen molar-refractivity contribution in [2.24, 2.45) is 0 Å². The normalized spacial score (nSPS) is 11.8. The van der Waals surface area contributed by atoms with Gasteiger partial charge in [0, 0.05) is 12.1 Å². The van der Waals surface area contributed by atoms with Gasteiger partial charge in [-0.3, -0.25) is 0 Å². The van der Waals surface area contributed by atoms with Gasteiger partial charge in [-0.25, -0.2) is 4.79 Å². The van der Waals surface area contributed by atoms with Gasteiger partial charge < -0.3 is 9.84 Å². The number of aromatic hydroxyl groups is 1. The number of hydrogen-bond donors (Lipinski definition) is 1. The lowest BCUT2D eigenvalue weighted by Crippen LogP contribution is -2.07. The summed E-state index contributed by atoms with van der Waals surface area (Å²) in [4.78, 5) is 15.1. The molecule has 0 aliphatic rings. The van der Waals surface area contributed by atoms with Gasteiger partial charge in [-0.1, -0.05) is 18.2 Å². The predicted octanol–water partition coefficient (Wildman–Crippen LogP) is 4.89. The summed E-state index contributed by atoms with van der Waals surface area (Å²) < 4.78 is 4.79. The van der Waals surface area contributed by atoms with Crippen molar-refractivity contribution < 1.29 is 14.6 Å². The van der Waals surface area contributed by atoms with Crippen LogP contribution in [-0.4, -0.2) is 18.2 Å². The zero-order valence-electron chi connectivity index (χ0n) is 15.0. The second-order valence-corrected chi connectivity index (χ2v) is 8.07. The van der Waals surface area contributed by atoms with E-state index in [1.807, 2.05) is 56.3 Å². The Kier molecular flexibility index (Phi) is 5.33. The maximum atomic E-state index is 11.7. The van der Waals surface area contributed by atoms with Crippen LogP contribution in [0.2, 0.25) is 0 Å². The Morgan fingerprint density at radius 2 is 1.38 bits per heavy atom. The summed E-state index contributed by atoms with van der Waals surface area (Å²) in [5.41, 5.74) is 2.25. The van der Waals surface area contributed by atoms with Crippen LogP contribution in [0, 0.1) is 13.8 Å². The summed E-state index contributed by atoms with van der Waals surface area (Å²) in [7, 11) is 1.05. The topological polar surface area (TPSA) is 46.5 Å². The van der Waals surface area contributed by atoms with Gasteiger partial charge in [0.15, 0.2) is 14.7 Å². The first-order valence-corrected chi connectivity index (χ1v) is 9.51. The standard InChI is InChI=1S/C22H20O3S/c1-15-13-20(14-16(2)21(15)23)26(18-7-5-4-6-8-18)19-11-9-17(10-12-19)22(24)25-3/h4-14H,1-3H3/p+1. The van der Waals surface area contributed by atoms with Gasteiger partial charge in [-0.2, -0.15) is 0 Å². The summed E-state index contributed by atoms with van der Waals surface area (Å²) in [5, 5.41) is 10.1. The Hall–Kier alpha value is -2.72. The SMILES string of the molecule is COC(=O)c1ccc([S+](c2ccccc2)c2cc(C)c(O)c(C)c2)cc1. The van der Waals surface area contributed by atoms with E-state index in [4.69, 9.17) is 4.74 Å². The number of aryl methyl sites for hydroxylation is 2. The first-order valence-electron chi connectivity index (χ1n) is 8.29. The lowest BCUT2D eigenvalue weighted by atomic mass is 10.1. The summed E-state index contributed by atoms with van der Waals surface area (Å²) in [6.45, 7) is 3.83. The Balaban J connectivity index is 2.12. The van der Waals surface area contributed by atoms with Crippen LogP contribution in [0.4, 0.5) is 0 Å². The molecule has 0 saturated carbocycles. The average molecular weight is 365 g/mol. The number of esters is 1. The van der Waals surface area contributed by atoms with Crippen molar-refractivity contribution in [3.8, 4) is 5.75 Å². The first-order chi connectivity index (χ1) is 12.5. The molecule has 3 rings (SSSR count). The van der Waals surface area contributed by atoms with Gasteiger partial charge in [0.1, 0.15) is 5.75 Å². The number of carbonyl (C=O) groups excluding carboxylic acids is 1. The minimum Gasteiger partial charge on any atom is -0.507 e. The molecule has 1 atom stereocenters. The van der Waals surface area contributed by atoms with Crippen LogP contribution in [0.5, 0.6) is 5.75 Å². The summed E-state index contributed by atoms with van der Waals surface area (Å²) in [6, 6.07) is 21.9. The third-order valence-corrected chi connectivity index (χ3v) is 6.38. The van der Waals surface area contributed by atoms with E-state index < -0.39 is 0 Å². The second-order valence-electron chi connectivity index (χ2n) is 6.04. The molecule has 4 heteroatoms. The smallest absolute Gasteiger partial charge is 0.337 e. The molecule has 3 aromatic rings. The number of rotatable bonds is 4. The highest BCUT2D eigenvalue weighted by atomic mass is 32.2.